The standard InChI is InChI=1S/C17H20N4O/c18-17(22)11-13-4-3-5-14(10-13)21-9-8-19-12-16(21)15-6-1-2-7-20-15/h1-7,10,16,19H,8-9,11-12H2,(H2,18,22). The fraction of sp³-hybridized carbons (Fsp3) is 0.294. The molecule has 1 aliphatic heterocycles. The zero-order chi connectivity index (χ0) is 15.4. The van der Waals surface area contributed by atoms with Crippen LogP contribution in [0.5, 0.6) is 0 Å². The number of piperazine rings is 1. The van der Waals surface area contributed by atoms with Gasteiger partial charge in [-0.1, -0.05) is 18.2 Å². The van der Waals surface area contributed by atoms with Gasteiger partial charge < -0.3 is 16.0 Å². The topological polar surface area (TPSA) is 71.2 Å². The van der Waals surface area contributed by atoms with Crippen molar-refractivity contribution in [3.63, 3.8) is 0 Å². The van der Waals surface area contributed by atoms with E-state index in [1.54, 1.807) is 0 Å². The molecule has 1 amide bonds. The molecule has 22 heavy (non-hydrogen) atoms. The number of nitrogens with zero attached hydrogens (tertiary/aromatic N) is 2. The van der Waals surface area contributed by atoms with Gasteiger partial charge in [-0.25, -0.2) is 0 Å². The molecule has 1 aliphatic rings. The van der Waals surface area contributed by atoms with Gasteiger partial charge in [-0.05, 0) is 29.8 Å². The second-order valence-electron chi connectivity index (χ2n) is 5.48. The van der Waals surface area contributed by atoms with E-state index in [-0.39, 0.29) is 18.4 Å². The summed E-state index contributed by atoms with van der Waals surface area (Å²) in [6.07, 6.45) is 2.10. The molecule has 0 aliphatic carbocycles. The second kappa shape index (κ2) is 6.58. The van der Waals surface area contributed by atoms with Crippen LogP contribution in [0.2, 0.25) is 0 Å². The molecular formula is C17H20N4O. The molecule has 1 saturated heterocycles. The lowest BCUT2D eigenvalue weighted by atomic mass is 10.1. The molecular weight excluding hydrogens is 276 g/mol. The predicted octanol–water partition coefficient (Wildman–Crippen LogP) is 1.26. The summed E-state index contributed by atoms with van der Waals surface area (Å²) in [6.45, 7) is 2.70. The van der Waals surface area contributed by atoms with Crippen molar-refractivity contribution in [3.05, 3.63) is 59.9 Å². The number of pyridine rings is 1. The lowest BCUT2D eigenvalue weighted by Crippen LogP contribution is -2.46. The van der Waals surface area contributed by atoms with Crippen LogP contribution in [0.1, 0.15) is 17.3 Å². The molecule has 2 aromatic rings. The third-order valence-corrected chi connectivity index (χ3v) is 3.89. The summed E-state index contributed by atoms with van der Waals surface area (Å²) in [7, 11) is 0. The average Bonchev–Trinajstić information content (AvgIpc) is 2.55. The van der Waals surface area contributed by atoms with Gasteiger partial charge in [-0.3, -0.25) is 9.78 Å². The number of aromatic nitrogens is 1. The Kier molecular flexibility index (Phi) is 4.34. The molecule has 1 unspecified atom stereocenters. The number of hydrogen-bond acceptors (Lipinski definition) is 4. The molecule has 114 valence electrons. The number of carbonyl (C=O) groups is 1. The molecule has 0 radical (unpaired) electrons. The Bertz CT molecular complexity index is 644. The molecule has 1 aromatic heterocycles. The number of primary amides is 1. The monoisotopic (exact) mass is 296 g/mol. The first kappa shape index (κ1) is 14.5. The van der Waals surface area contributed by atoms with Crippen molar-refractivity contribution in [3.8, 4) is 0 Å². The highest BCUT2D eigenvalue weighted by Gasteiger charge is 2.25. The van der Waals surface area contributed by atoms with E-state index in [9.17, 15) is 4.79 Å². The zero-order valence-electron chi connectivity index (χ0n) is 12.4. The number of nitrogens with two attached hydrogens (primary N) is 1. The van der Waals surface area contributed by atoms with E-state index in [0.29, 0.717) is 0 Å². The smallest absolute Gasteiger partial charge is 0.221 e. The van der Waals surface area contributed by atoms with Crippen molar-refractivity contribution in [1.29, 1.82) is 0 Å². The summed E-state index contributed by atoms with van der Waals surface area (Å²) < 4.78 is 0. The normalized spacial score (nSPS) is 18.2. The van der Waals surface area contributed by atoms with Crippen molar-refractivity contribution in [1.82, 2.24) is 10.3 Å². The number of benzene rings is 1. The van der Waals surface area contributed by atoms with Crippen LogP contribution in [-0.4, -0.2) is 30.5 Å². The van der Waals surface area contributed by atoms with Crippen molar-refractivity contribution >= 4 is 11.6 Å². The van der Waals surface area contributed by atoms with E-state index in [2.05, 4.69) is 27.3 Å². The molecule has 0 bridgehead atoms. The summed E-state index contributed by atoms with van der Waals surface area (Å²) in [5.74, 6) is -0.307. The van der Waals surface area contributed by atoms with Crippen LogP contribution < -0.4 is 16.0 Å². The third-order valence-electron chi connectivity index (χ3n) is 3.89. The van der Waals surface area contributed by atoms with E-state index in [1.807, 2.05) is 36.5 Å². The zero-order valence-corrected chi connectivity index (χ0v) is 12.4. The van der Waals surface area contributed by atoms with E-state index in [1.165, 1.54) is 0 Å². The summed E-state index contributed by atoms with van der Waals surface area (Å²) in [4.78, 5) is 18.0. The third kappa shape index (κ3) is 3.26. The first-order chi connectivity index (χ1) is 10.7. The number of nitrogens with one attached hydrogen (secondary N) is 1. The molecule has 5 heteroatoms. The maximum absolute atomic E-state index is 11.1. The quantitative estimate of drug-likeness (QED) is 0.891. The van der Waals surface area contributed by atoms with Crippen LogP contribution in [0.15, 0.2) is 48.7 Å². The first-order valence-electron chi connectivity index (χ1n) is 7.49. The Balaban J connectivity index is 1.89. The summed E-state index contributed by atoms with van der Waals surface area (Å²) in [6, 6.07) is 14.2. The number of amides is 1. The molecule has 3 rings (SSSR count). The lowest BCUT2D eigenvalue weighted by Gasteiger charge is -2.37. The largest absolute Gasteiger partial charge is 0.369 e. The molecule has 0 saturated carbocycles. The molecule has 1 fully saturated rings. The van der Waals surface area contributed by atoms with E-state index in [0.717, 1.165) is 36.6 Å². The van der Waals surface area contributed by atoms with Crippen molar-refractivity contribution in [2.75, 3.05) is 24.5 Å². The van der Waals surface area contributed by atoms with Gasteiger partial charge in [0, 0.05) is 31.5 Å². The van der Waals surface area contributed by atoms with Crippen LogP contribution in [0.4, 0.5) is 5.69 Å². The van der Waals surface area contributed by atoms with Gasteiger partial charge in [0.1, 0.15) is 0 Å². The van der Waals surface area contributed by atoms with Gasteiger partial charge in [-0.2, -0.15) is 0 Å². The second-order valence-corrected chi connectivity index (χ2v) is 5.48. The molecule has 2 heterocycles. The summed E-state index contributed by atoms with van der Waals surface area (Å²) in [5.41, 5.74) is 8.40. The Morgan fingerprint density at radius 1 is 1.32 bits per heavy atom. The lowest BCUT2D eigenvalue weighted by molar-refractivity contribution is -0.117. The Labute approximate surface area is 130 Å². The average molecular weight is 296 g/mol. The van der Waals surface area contributed by atoms with Crippen LogP contribution in [-0.2, 0) is 11.2 Å². The predicted molar refractivity (Wildman–Crippen MR) is 86.5 cm³/mol. The van der Waals surface area contributed by atoms with Gasteiger partial charge in [-0.15, -0.1) is 0 Å². The van der Waals surface area contributed by atoms with Gasteiger partial charge >= 0.3 is 0 Å². The van der Waals surface area contributed by atoms with E-state index in [4.69, 9.17) is 5.73 Å². The van der Waals surface area contributed by atoms with E-state index >= 15 is 0 Å². The van der Waals surface area contributed by atoms with Gasteiger partial charge in [0.15, 0.2) is 0 Å². The van der Waals surface area contributed by atoms with Crippen LogP contribution >= 0.6 is 0 Å². The molecule has 5 nitrogen and oxygen atoms in total. The minimum absolute atomic E-state index is 0.193. The van der Waals surface area contributed by atoms with Crippen molar-refractivity contribution < 1.29 is 4.79 Å². The molecule has 1 atom stereocenters. The van der Waals surface area contributed by atoms with Gasteiger partial charge in [0.2, 0.25) is 5.91 Å². The molecule has 1 aromatic carbocycles. The van der Waals surface area contributed by atoms with Crippen LogP contribution in [0, 0.1) is 0 Å². The molecule has 0 spiro atoms. The maximum Gasteiger partial charge on any atom is 0.221 e. The maximum atomic E-state index is 11.1. The highest BCUT2D eigenvalue weighted by molar-refractivity contribution is 5.77. The minimum Gasteiger partial charge on any atom is -0.369 e. The fourth-order valence-electron chi connectivity index (χ4n) is 2.90. The van der Waals surface area contributed by atoms with E-state index < -0.39 is 0 Å². The number of rotatable bonds is 4. The van der Waals surface area contributed by atoms with Gasteiger partial charge in [0.05, 0.1) is 18.2 Å². The number of anilines is 1. The number of carbonyl (C=O) groups excluding carboxylic acids is 1. The first-order valence-corrected chi connectivity index (χ1v) is 7.49. The van der Waals surface area contributed by atoms with Crippen molar-refractivity contribution in [2.45, 2.75) is 12.5 Å². The fourth-order valence-corrected chi connectivity index (χ4v) is 2.90. The highest BCUT2D eigenvalue weighted by atomic mass is 16.1. The Hall–Kier alpha value is -2.40. The Morgan fingerprint density at radius 2 is 2.23 bits per heavy atom. The van der Waals surface area contributed by atoms with Gasteiger partial charge in [0.25, 0.3) is 0 Å². The van der Waals surface area contributed by atoms with Crippen LogP contribution in [0.3, 0.4) is 0 Å². The summed E-state index contributed by atoms with van der Waals surface area (Å²) >= 11 is 0. The van der Waals surface area contributed by atoms with Crippen molar-refractivity contribution in [2.24, 2.45) is 5.73 Å². The highest BCUT2D eigenvalue weighted by Crippen LogP contribution is 2.28. The molecule has 3 N–H and O–H groups in total. The minimum atomic E-state index is -0.307. The Morgan fingerprint density at radius 3 is 3.00 bits per heavy atom. The number of hydrogen-bond donors (Lipinski definition) is 2. The summed E-state index contributed by atoms with van der Waals surface area (Å²) in [5, 5.41) is 3.42. The SMILES string of the molecule is NC(=O)Cc1cccc(N2CCNCC2c2ccccn2)c1. The van der Waals surface area contributed by atoms with Crippen LogP contribution in [0.25, 0.3) is 0 Å².